The summed E-state index contributed by atoms with van der Waals surface area (Å²) in [5.41, 5.74) is 4.43. The Morgan fingerprint density at radius 3 is 2.41 bits per heavy atom. The third-order valence-electron chi connectivity index (χ3n) is 9.95. The first-order valence-corrected chi connectivity index (χ1v) is 18.8. The van der Waals surface area contributed by atoms with E-state index in [1.54, 1.807) is 25.5 Å². The molecule has 0 saturated carbocycles. The minimum absolute atomic E-state index is 0.00590. The van der Waals surface area contributed by atoms with Crippen molar-refractivity contribution in [1.82, 2.24) is 30.8 Å². The number of hydrogen-bond donors (Lipinski definition) is 4. The van der Waals surface area contributed by atoms with Crippen molar-refractivity contribution in [3.05, 3.63) is 114 Å². The van der Waals surface area contributed by atoms with Gasteiger partial charge in [0.1, 0.15) is 24.1 Å². The Bertz CT molecular complexity index is 2450. The lowest BCUT2D eigenvalue weighted by Gasteiger charge is -2.27. The molecule has 1 atom stereocenters. The van der Waals surface area contributed by atoms with Crippen molar-refractivity contribution in [2.24, 2.45) is 0 Å². The minimum Gasteiger partial charge on any atom is -0.485 e. The van der Waals surface area contributed by atoms with Crippen molar-refractivity contribution in [1.29, 1.82) is 0 Å². The quantitative estimate of drug-likeness (QED) is 0.0843. The molecule has 4 heterocycles. The molecule has 1 unspecified atom stereocenters. The molecule has 6 amide bonds. The minimum atomic E-state index is -1.11. The highest BCUT2D eigenvalue weighted by molar-refractivity contribution is 6.24. The normalized spacial score (nSPS) is 14.8. The van der Waals surface area contributed by atoms with Crippen LogP contribution in [0, 0.1) is 0 Å². The van der Waals surface area contributed by atoms with Crippen LogP contribution in [0.3, 0.4) is 0 Å². The highest BCUT2D eigenvalue weighted by atomic mass is 16.5. The predicted molar refractivity (Wildman–Crippen MR) is 213 cm³/mol. The van der Waals surface area contributed by atoms with E-state index in [1.807, 2.05) is 54.6 Å². The maximum absolute atomic E-state index is 13.2. The van der Waals surface area contributed by atoms with Crippen molar-refractivity contribution >= 4 is 63.5 Å². The van der Waals surface area contributed by atoms with E-state index in [0.29, 0.717) is 42.6 Å². The van der Waals surface area contributed by atoms with E-state index in [1.165, 1.54) is 18.2 Å². The summed E-state index contributed by atoms with van der Waals surface area (Å²) in [6.07, 6.45) is 5.25. The van der Waals surface area contributed by atoms with Gasteiger partial charge in [0.15, 0.2) is 5.78 Å². The van der Waals surface area contributed by atoms with Crippen molar-refractivity contribution in [2.75, 3.05) is 25.5 Å². The number of carbonyl (C=O) groups excluding carboxylic acids is 7. The highest BCUT2D eigenvalue weighted by Crippen LogP contribution is 2.35. The second-order valence-corrected chi connectivity index (χ2v) is 13.8. The van der Waals surface area contributed by atoms with Gasteiger partial charge in [0.05, 0.1) is 27.9 Å². The summed E-state index contributed by atoms with van der Waals surface area (Å²) in [5, 5.41) is 11.8. The number of Topliss-reactive ketones (excluding diaryl/α,β-unsaturated/α-hetero) is 1. The van der Waals surface area contributed by atoms with E-state index in [9.17, 15) is 33.6 Å². The van der Waals surface area contributed by atoms with Crippen LogP contribution in [0.5, 0.6) is 5.75 Å². The number of hydrogen-bond acceptors (Lipinski definition) is 11. The molecule has 58 heavy (non-hydrogen) atoms. The lowest BCUT2D eigenvalue weighted by Crippen LogP contribution is -2.54. The first-order chi connectivity index (χ1) is 28.1. The van der Waals surface area contributed by atoms with Crippen molar-refractivity contribution in [3.8, 4) is 16.9 Å². The average Bonchev–Trinajstić information content (AvgIpc) is 3.50. The SMILES string of the molecule is CNC(=O)c1cnc2ccc(-c3ccc(C(=O)NCCCCCC(=O)COc4cccc5c4C(=O)N(C4CCC(=O)NC4=O)C5=O)nc3)cc2c1Nc1ccccc1. The monoisotopic (exact) mass is 781 g/mol. The Morgan fingerprint density at radius 1 is 0.845 bits per heavy atom. The predicted octanol–water partition coefficient (Wildman–Crippen LogP) is 4.74. The van der Waals surface area contributed by atoms with E-state index in [4.69, 9.17) is 4.74 Å². The first kappa shape index (κ1) is 39.0. The number of benzene rings is 3. The Balaban J connectivity index is 0.879. The summed E-state index contributed by atoms with van der Waals surface area (Å²) >= 11 is 0. The maximum Gasteiger partial charge on any atom is 0.269 e. The summed E-state index contributed by atoms with van der Waals surface area (Å²) in [4.78, 5) is 98.2. The van der Waals surface area contributed by atoms with Gasteiger partial charge in [0.2, 0.25) is 11.8 Å². The van der Waals surface area contributed by atoms with Crippen LogP contribution in [0.1, 0.15) is 80.1 Å². The van der Waals surface area contributed by atoms with Gasteiger partial charge >= 0.3 is 0 Å². The fourth-order valence-electron chi connectivity index (χ4n) is 6.93. The molecule has 7 rings (SSSR count). The van der Waals surface area contributed by atoms with Crippen LogP contribution in [0.15, 0.2) is 91.3 Å². The number of pyridine rings is 2. The molecule has 0 bridgehead atoms. The largest absolute Gasteiger partial charge is 0.485 e. The molecule has 5 aromatic rings. The van der Waals surface area contributed by atoms with E-state index >= 15 is 0 Å². The van der Waals surface area contributed by atoms with Crippen molar-refractivity contribution in [2.45, 2.75) is 44.6 Å². The number of nitrogens with one attached hydrogen (secondary N) is 4. The third kappa shape index (κ3) is 8.28. The van der Waals surface area contributed by atoms with Gasteiger partial charge in [0.25, 0.3) is 23.6 Å². The number of para-hydroxylation sites is 1. The molecule has 0 aliphatic carbocycles. The number of imide groups is 2. The van der Waals surface area contributed by atoms with Gasteiger partial charge in [-0.3, -0.25) is 53.7 Å². The molecule has 1 fully saturated rings. The van der Waals surface area contributed by atoms with Crippen LogP contribution in [-0.4, -0.2) is 82.3 Å². The van der Waals surface area contributed by atoms with Crippen LogP contribution in [0.25, 0.3) is 22.0 Å². The molecule has 15 nitrogen and oxygen atoms in total. The summed E-state index contributed by atoms with van der Waals surface area (Å²) in [6.45, 7) is 0.0685. The number of ketones is 1. The summed E-state index contributed by atoms with van der Waals surface area (Å²) < 4.78 is 5.68. The molecule has 0 radical (unpaired) electrons. The van der Waals surface area contributed by atoms with Crippen LogP contribution in [0.4, 0.5) is 11.4 Å². The van der Waals surface area contributed by atoms with Crippen molar-refractivity contribution in [3.63, 3.8) is 0 Å². The van der Waals surface area contributed by atoms with E-state index in [0.717, 1.165) is 27.1 Å². The van der Waals surface area contributed by atoms with E-state index < -0.39 is 29.7 Å². The van der Waals surface area contributed by atoms with Gasteiger partial charge in [-0.25, -0.2) is 0 Å². The number of anilines is 2. The number of unbranched alkanes of at least 4 members (excludes halogenated alkanes) is 2. The zero-order valence-electron chi connectivity index (χ0n) is 31.5. The second-order valence-electron chi connectivity index (χ2n) is 13.8. The number of rotatable bonds is 15. The number of ether oxygens (including phenoxy) is 1. The lowest BCUT2D eigenvalue weighted by atomic mass is 10.0. The number of nitrogens with zero attached hydrogens (tertiary/aromatic N) is 3. The Morgan fingerprint density at radius 2 is 1.66 bits per heavy atom. The molecular formula is C43H39N7O8. The molecule has 2 aliphatic rings. The zero-order chi connectivity index (χ0) is 40.8. The standard InChI is InChI=1S/C43H39N7O8/c1-44-39(53)31-23-47-32-16-14-25(21-30(32)38(31)48-27-9-4-2-5-10-27)26-15-17-33(46-22-26)40(54)45-20-7-3-6-11-28(51)24-58-35-13-8-12-29-37(35)43(57)50(42(29)56)34-18-19-36(52)49-41(34)55/h2,4-5,8-10,12-17,21-23,34H,3,6-7,11,18-20,24H2,1H3,(H,44,53)(H,45,54)(H,47,48)(H,49,52,55). The summed E-state index contributed by atoms with van der Waals surface area (Å²) in [5.74, 6) is -3.28. The topological polar surface area (TPSA) is 206 Å². The van der Waals surface area contributed by atoms with E-state index in [2.05, 4.69) is 31.2 Å². The molecule has 15 heteroatoms. The van der Waals surface area contributed by atoms with Gasteiger partial charge in [-0.1, -0.05) is 42.8 Å². The molecular weight excluding hydrogens is 743 g/mol. The Labute approximate surface area is 332 Å². The van der Waals surface area contributed by atoms with Crippen LogP contribution in [-0.2, 0) is 14.4 Å². The Hall–Kier alpha value is -7.29. The summed E-state index contributed by atoms with van der Waals surface area (Å²) in [6, 6.07) is 22.1. The number of amides is 6. The molecule has 1 saturated heterocycles. The van der Waals surface area contributed by atoms with Gasteiger partial charge in [-0.05, 0) is 67.3 Å². The van der Waals surface area contributed by atoms with Crippen LogP contribution >= 0.6 is 0 Å². The second kappa shape index (κ2) is 17.2. The van der Waals surface area contributed by atoms with Gasteiger partial charge in [0, 0.05) is 55.5 Å². The number of piperidine rings is 1. The fourth-order valence-corrected chi connectivity index (χ4v) is 6.93. The van der Waals surface area contributed by atoms with Gasteiger partial charge in [-0.2, -0.15) is 0 Å². The maximum atomic E-state index is 13.2. The van der Waals surface area contributed by atoms with Crippen LogP contribution < -0.4 is 26.0 Å². The van der Waals surface area contributed by atoms with Gasteiger partial charge in [-0.15, -0.1) is 0 Å². The zero-order valence-corrected chi connectivity index (χ0v) is 31.5. The number of fused-ring (bicyclic) bond motifs is 2. The van der Waals surface area contributed by atoms with E-state index in [-0.39, 0.29) is 66.0 Å². The highest BCUT2D eigenvalue weighted by Gasteiger charge is 2.46. The smallest absolute Gasteiger partial charge is 0.269 e. The average molecular weight is 782 g/mol. The molecule has 2 aromatic heterocycles. The molecule has 294 valence electrons. The summed E-state index contributed by atoms with van der Waals surface area (Å²) in [7, 11) is 1.57. The number of aromatic nitrogens is 2. The molecule has 4 N–H and O–H groups in total. The molecule has 0 spiro atoms. The molecule has 3 aromatic carbocycles. The van der Waals surface area contributed by atoms with Crippen LogP contribution in [0.2, 0.25) is 0 Å². The fraction of sp³-hybridized carbons (Fsp3) is 0.233. The van der Waals surface area contributed by atoms with Crippen molar-refractivity contribution < 1.29 is 38.3 Å². The third-order valence-corrected chi connectivity index (χ3v) is 9.95. The molecule has 2 aliphatic heterocycles. The van der Waals surface area contributed by atoms with Gasteiger partial charge < -0.3 is 20.7 Å². The Kier molecular flexibility index (Phi) is 11.6. The first-order valence-electron chi connectivity index (χ1n) is 18.8. The lowest BCUT2D eigenvalue weighted by molar-refractivity contribution is -0.136. The number of carbonyl (C=O) groups is 7.